The SMILES string of the molecule is Cc1cccc2c(C(N)=O)cc3nc4ccccc4c(=O)n3c12. The normalized spacial score (nSPS) is 11.3. The molecule has 0 unspecified atom stereocenters. The Bertz CT molecular complexity index is 1180. The molecule has 2 heterocycles. The lowest BCUT2D eigenvalue weighted by atomic mass is 10.0. The molecule has 0 aliphatic rings. The number of carbonyl (C=O) groups is 1. The summed E-state index contributed by atoms with van der Waals surface area (Å²) in [7, 11) is 0. The van der Waals surface area contributed by atoms with Crippen LogP contribution in [0.4, 0.5) is 0 Å². The third kappa shape index (κ3) is 1.83. The second-order valence-corrected chi connectivity index (χ2v) is 5.52. The summed E-state index contributed by atoms with van der Waals surface area (Å²) in [6, 6.07) is 14.3. The van der Waals surface area contributed by atoms with Crippen LogP contribution in [0.25, 0.3) is 27.5 Å². The minimum absolute atomic E-state index is 0.152. The number of hydrogen-bond donors (Lipinski definition) is 1. The molecule has 0 bridgehead atoms. The molecular weight excluding hydrogens is 290 g/mol. The summed E-state index contributed by atoms with van der Waals surface area (Å²) in [6.07, 6.45) is 0. The number of aromatic nitrogens is 2. The van der Waals surface area contributed by atoms with Crippen molar-refractivity contribution < 1.29 is 4.79 Å². The number of hydrogen-bond acceptors (Lipinski definition) is 3. The van der Waals surface area contributed by atoms with Crippen LogP contribution in [0.2, 0.25) is 0 Å². The van der Waals surface area contributed by atoms with Crippen molar-refractivity contribution in [3.05, 3.63) is 70.0 Å². The number of benzene rings is 2. The first kappa shape index (κ1) is 13.5. The second-order valence-electron chi connectivity index (χ2n) is 5.52. The van der Waals surface area contributed by atoms with Crippen molar-refractivity contribution in [3.8, 4) is 0 Å². The number of nitrogens with two attached hydrogens (primary N) is 1. The standard InChI is InChI=1S/C18H13N3O2/c1-10-5-4-7-11-13(17(19)22)9-15-20-14-8-3-2-6-12(14)18(23)21(15)16(10)11/h2-9H,1H3,(H2,19,22). The molecule has 5 nitrogen and oxygen atoms in total. The summed E-state index contributed by atoms with van der Waals surface area (Å²) in [5.74, 6) is -0.537. The molecule has 4 aromatic rings. The molecule has 0 saturated carbocycles. The molecule has 4 rings (SSSR count). The predicted molar refractivity (Wildman–Crippen MR) is 89.7 cm³/mol. The number of para-hydroxylation sites is 2. The second kappa shape index (κ2) is 4.64. The number of pyridine rings is 1. The van der Waals surface area contributed by atoms with Crippen LogP contribution in [0.3, 0.4) is 0 Å². The van der Waals surface area contributed by atoms with Gasteiger partial charge in [-0.05, 0) is 30.7 Å². The van der Waals surface area contributed by atoms with Gasteiger partial charge in [-0.1, -0.05) is 30.3 Å². The highest BCUT2D eigenvalue weighted by Gasteiger charge is 2.15. The van der Waals surface area contributed by atoms with Gasteiger partial charge in [0.2, 0.25) is 5.91 Å². The molecule has 0 radical (unpaired) electrons. The van der Waals surface area contributed by atoms with E-state index in [2.05, 4.69) is 4.98 Å². The topological polar surface area (TPSA) is 77.5 Å². The molecule has 0 saturated heterocycles. The number of rotatable bonds is 1. The van der Waals surface area contributed by atoms with E-state index < -0.39 is 5.91 Å². The highest BCUT2D eigenvalue weighted by atomic mass is 16.1. The van der Waals surface area contributed by atoms with Gasteiger partial charge in [-0.3, -0.25) is 14.0 Å². The quantitative estimate of drug-likeness (QED) is 0.433. The molecule has 23 heavy (non-hydrogen) atoms. The average molecular weight is 303 g/mol. The maximum absolute atomic E-state index is 12.9. The molecule has 112 valence electrons. The van der Waals surface area contributed by atoms with Crippen molar-refractivity contribution in [1.82, 2.24) is 9.38 Å². The van der Waals surface area contributed by atoms with Crippen molar-refractivity contribution in [2.75, 3.05) is 0 Å². The zero-order chi connectivity index (χ0) is 16.1. The van der Waals surface area contributed by atoms with Crippen molar-refractivity contribution in [2.45, 2.75) is 6.92 Å². The van der Waals surface area contributed by atoms with Crippen LogP contribution in [-0.2, 0) is 0 Å². The van der Waals surface area contributed by atoms with E-state index >= 15 is 0 Å². The lowest BCUT2D eigenvalue weighted by Crippen LogP contribution is -2.19. The van der Waals surface area contributed by atoms with Gasteiger partial charge >= 0.3 is 0 Å². The lowest BCUT2D eigenvalue weighted by Gasteiger charge is -2.12. The largest absolute Gasteiger partial charge is 0.366 e. The van der Waals surface area contributed by atoms with E-state index in [1.54, 1.807) is 28.7 Å². The molecule has 1 amide bonds. The first-order chi connectivity index (χ1) is 11.1. The van der Waals surface area contributed by atoms with Crippen LogP contribution in [0.15, 0.2) is 53.3 Å². The molecule has 0 spiro atoms. The molecular formula is C18H13N3O2. The third-order valence-electron chi connectivity index (χ3n) is 4.09. The molecule has 0 aliphatic heterocycles. The summed E-state index contributed by atoms with van der Waals surface area (Å²) in [6.45, 7) is 1.90. The average Bonchev–Trinajstić information content (AvgIpc) is 2.54. The minimum Gasteiger partial charge on any atom is -0.366 e. The first-order valence-electron chi connectivity index (χ1n) is 7.21. The van der Waals surface area contributed by atoms with Crippen LogP contribution >= 0.6 is 0 Å². The van der Waals surface area contributed by atoms with Crippen LogP contribution < -0.4 is 11.3 Å². The molecule has 2 aromatic carbocycles. The Hall–Kier alpha value is -3.21. The van der Waals surface area contributed by atoms with Gasteiger partial charge in [0.25, 0.3) is 5.56 Å². The fourth-order valence-corrected chi connectivity index (χ4v) is 3.05. The fourth-order valence-electron chi connectivity index (χ4n) is 3.05. The molecule has 2 N–H and O–H groups in total. The van der Waals surface area contributed by atoms with Gasteiger partial charge < -0.3 is 5.73 Å². The smallest absolute Gasteiger partial charge is 0.266 e. The maximum atomic E-state index is 12.9. The fraction of sp³-hybridized carbons (Fsp3) is 0.0556. The van der Waals surface area contributed by atoms with Gasteiger partial charge in [0.1, 0.15) is 5.65 Å². The third-order valence-corrected chi connectivity index (χ3v) is 4.09. The zero-order valence-corrected chi connectivity index (χ0v) is 12.4. The van der Waals surface area contributed by atoms with E-state index in [0.29, 0.717) is 33.0 Å². The summed E-state index contributed by atoms with van der Waals surface area (Å²) in [5, 5.41) is 1.20. The zero-order valence-electron chi connectivity index (χ0n) is 12.4. The molecule has 5 heteroatoms. The lowest BCUT2D eigenvalue weighted by molar-refractivity contribution is 0.100. The van der Waals surface area contributed by atoms with Gasteiger partial charge in [-0.15, -0.1) is 0 Å². The number of nitrogens with zero attached hydrogens (tertiary/aromatic N) is 2. The Balaban J connectivity index is 2.39. The molecule has 0 atom stereocenters. The minimum atomic E-state index is -0.537. The summed E-state index contributed by atoms with van der Waals surface area (Å²) < 4.78 is 1.56. The highest BCUT2D eigenvalue weighted by Crippen LogP contribution is 2.24. The van der Waals surface area contributed by atoms with Gasteiger partial charge in [0, 0.05) is 5.39 Å². The summed E-state index contributed by atoms with van der Waals surface area (Å²) in [5.41, 5.74) is 8.30. The Kier molecular flexibility index (Phi) is 2.72. The number of fused-ring (bicyclic) bond motifs is 4. The molecule has 0 fully saturated rings. The van der Waals surface area contributed by atoms with Crippen molar-refractivity contribution >= 4 is 33.4 Å². The van der Waals surface area contributed by atoms with Crippen molar-refractivity contribution in [2.24, 2.45) is 5.73 Å². The van der Waals surface area contributed by atoms with Crippen LogP contribution in [0.5, 0.6) is 0 Å². The molecule has 0 aliphatic carbocycles. The summed E-state index contributed by atoms with van der Waals surface area (Å²) in [4.78, 5) is 29.3. The Morgan fingerprint density at radius 2 is 1.83 bits per heavy atom. The Morgan fingerprint density at radius 1 is 1.09 bits per heavy atom. The number of primary amides is 1. The number of carbonyl (C=O) groups excluding carboxylic acids is 1. The number of aryl methyl sites for hydroxylation is 1. The van der Waals surface area contributed by atoms with Gasteiger partial charge in [0.05, 0.1) is 22.0 Å². The Labute approximate surface area is 131 Å². The van der Waals surface area contributed by atoms with E-state index in [0.717, 1.165) is 5.56 Å². The predicted octanol–water partition coefficient (Wildman–Crippen LogP) is 2.41. The highest BCUT2D eigenvalue weighted by molar-refractivity contribution is 6.07. The van der Waals surface area contributed by atoms with E-state index in [1.165, 1.54) is 0 Å². The van der Waals surface area contributed by atoms with Gasteiger partial charge in [-0.25, -0.2) is 4.98 Å². The van der Waals surface area contributed by atoms with Crippen molar-refractivity contribution in [1.29, 1.82) is 0 Å². The summed E-state index contributed by atoms with van der Waals surface area (Å²) >= 11 is 0. The van der Waals surface area contributed by atoms with E-state index in [-0.39, 0.29) is 5.56 Å². The van der Waals surface area contributed by atoms with E-state index in [1.807, 2.05) is 31.2 Å². The monoisotopic (exact) mass is 303 g/mol. The van der Waals surface area contributed by atoms with Crippen LogP contribution in [0, 0.1) is 6.92 Å². The van der Waals surface area contributed by atoms with Gasteiger partial charge in [-0.2, -0.15) is 0 Å². The van der Waals surface area contributed by atoms with E-state index in [4.69, 9.17) is 5.73 Å². The Morgan fingerprint density at radius 3 is 2.61 bits per heavy atom. The number of amides is 1. The maximum Gasteiger partial charge on any atom is 0.266 e. The molecule has 2 aromatic heterocycles. The van der Waals surface area contributed by atoms with Gasteiger partial charge in [0.15, 0.2) is 0 Å². The van der Waals surface area contributed by atoms with Crippen LogP contribution in [0.1, 0.15) is 15.9 Å². The van der Waals surface area contributed by atoms with E-state index in [9.17, 15) is 9.59 Å². The van der Waals surface area contributed by atoms with Crippen molar-refractivity contribution in [3.63, 3.8) is 0 Å². The first-order valence-corrected chi connectivity index (χ1v) is 7.21. The van der Waals surface area contributed by atoms with Crippen LogP contribution in [-0.4, -0.2) is 15.3 Å².